The number of hydrogen-bond acceptors (Lipinski definition) is 4. The van der Waals surface area contributed by atoms with E-state index >= 15 is 0 Å². The van der Waals surface area contributed by atoms with Crippen molar-refractivity contribution < 1.29 is 15.0 Å². The quantitative estimate of drug-likeness (QED) is 0.552. The lowest BCUT2D eigenvalue weighted by atomic mass is 10.1. The van der Waals surface area contributed by atoms with E-state index in [-0.39, 0.29) is 0 Å². The van der Waals surface area contributed by atoms with E-state index in [2.05, 4.69) is 5.10 Å². The van der Waals surface area contributed by atoms with Crippen molar-refractivity contribution in [1.82, 2.24) is 9.78 Å². The first-order valence-corrected chi connectivity index (χ1v) is 3.68. The molecule has 0 aliphatic rings. The predicted molar refractivity (Wildman–Crippen MR) is 43.8 cm³/mol. The highest BCUT2D eigenvalue weighted by molar-refractivity contribution is 5.74. The maximum Gasteiger partial charge on any atom is 0.323 e. The van der Waals surface area contributed by atoms with Crippen molar-refractivity contribution >= 4 is 5.97 Å². The molecule has 2 unspecified atom stereocenters. The fourth-order valence-electron chi connectivity index (χ4n) is 0.993. The first-order chi connectivity index (χ1) is 6.04. The Morgan fingerprint density at radius 1 is 1.77 bits per heavy atom. The van der Waals surface area contributed by atoms with E-state index in [0.29, 0.717) is 5.69 Å². The number of aliphatic hydroxyl groups is 1. The van der Waals surface area contributed by atoms with Crippen molar-refractivity contribution in [3.63, 3.8) is 0 Å². The summed E-state index contributed by atoms with van der Waals surface area (Å²) in [7, 11) is 1.60. The van der Waals surface area contributed by atoms with Crippen molar-refractivity contribution in [1.29, 1.82) is 0 Å². The lowest BCUT2D eigenvalue weighted by Crippen LogP contribution is -2.37. The summed E-state index contributed by atoms with van der Waals surface area (Å²) >= 11 is 0. The zero-order valence-corrected chi connectivity index (χ0v) is 7.08. The van der Waals surface area contributed by atoms with Crippen LogP contribution in [0, 0.1) is 0 Å². The Morgan fingerprint density at radius 2 is 2.38 bits per heavy atom. The van der Waals surface area contributed by atoms with Crippen LogP contribution in [0.25, 0.3) is 0 Å². The number of carboxylic acid groups (broad SMARTS) is 1. The van der Waals surface area contributed by atoms with Gasteiger partial charge in [0.05, 0.1) is 5.69 Å². The SMILES string of the molecule is Cn1nccc1C(O)C(N)C(=O)O. The molecule has 0 saturated heterocycles. The standard InChI is InChI=1S/C7H11N3O3/c1-10-4(2-3-9-10)6(11)5(8)7(12)13/h2-3,5-6,11H,8H2,1H3,(H,12,13). The minimum absolute atomic E-state index is 0.384. The summed E-state index contributed by atoms with van der Waals surface area (Å²) in [6, 6.07) is 0.198. The molecule has 72 valence electrons. The van der Waals surface area contributed by atoms with Crippen molar-refractivity contribution in [2.75, 3.05) is 0 Å². The molecule has 0 spiro atoms. The van der Waals surface area contributed by atoms with Gasteiger partial charge in [-0.1, -0.05) is 0 Å². The fourth-order valence-corrected chi connectivity index (χ4v) is 0.993. The van der Waals surface area contributed by atoms with Crippen LogP contribution in [-0.4, -0.2) is 32.0 Å². The molecule has 13 heavy (non-hydrogen) atoms. The molecule has 6 heteroatoms. The molecule has 1 heterocycles. The van der Waals surface area contributed by atoms with E-state index < -0.39 is 18.1 Å². The van der Waals surface area contributed by atoms with E-state index in [1.807, 2.05) is 0 Å². The minimum atomic E-state index is -1.32. The molecule has 0 saturated carbocycles. The Labute approximate surface area is 74.6 Å². The fraction of sp³-hybridized carbons (Fsp3) is 0.429. The van der Waals surface area contributed by atoms with Gasteiger partial charge in [-0.2, -0.15) is 5.10 Å². The van der Waals surface area contributed by atoms with Crippen LogP contribution in [-0.2, 0) is 11.8 Å². The van der Waals surface area contributed by atoms with Gasteiger partial charge in [-0.05, 0) is 6.07 Å². The highest BCUT2D eigenvalue weighted by Crippen LogP contribution is 2.13. The second kappa shape index (κ2) is 3.55. The summed E-state index contributed by atoms with van der Waals surface area (Å²) in [5.41, 5.74) is 5.61. The molecule has 0 aromatic carbocycles. The van der Waals surface area contributed by atoms with Crippen LogP contribution < -0.4 is 5.73 Å². The number of aliphatic carboxylic acids is 1. The maximum absolute atomic E-state index is 10.4. The van der Waals surface area contributed by atoms with Crippen LogP contribution in [0.15, 0.2) is 12.3 Å². The van der Waals surface area contributed by atoms with Gasteiger partial charge in [0.25, 0.3) is 0 Å². The number of nitrogens with zero attached hydrogens (tertiary/aromatic N) is 2. The molecular formula is C7H11N3O3. The van der Waals surface area contributed by atoms with E-state index in [9.17, 15) is 9.90 Å². The van der Waals surface area contributed by atoms with Gasteiger partial charge in [0, 0.05) is 13.2 Å². The number of aliphatic hydroxyl groups excluding tert-OH is 1. The third-order valence-corrected chi connectivity index (χ3v) is 1.79. The Balaban J connectivity index is 2.85. The number of rotatable bonds is 3. The molecule has 2 atom stereocenters. The van der Waals surface area contributed by atoms with Crippen LogP contribution in [0.2, 0.25) is 0 Å². The molecule has 4 N–H and O–H groups in total. The van der Waals surface area contributed by atoms with Gasteiger partial charge >= 0.3 is 5.97 Å². The molecule has 0 aliphatic heterocycles. The maximum atomic E-state index is 10.4. The molecule has 0 fully saturated rings. The lowest BCUT2D eigenvalue weighted by molar-refractivity contribution is -0.141. The Hall–Kier alpha value is -1.40. The Bertz CT molecular complexity index is 310. The van der Waals surface area contributed by atoms with Crippen LogP contribution in [0.5, 0.6) is 0 Å². The van der Waals surface area contributed by atoms with Gasteiger partial charge in [-0.15, -0.1) is 0 Å². The van der Waals surface area contributed by atoms with Crippen LogP contribution >= 0.6 is 0 Å². The third kappa shape index (κ3) is 1.85. The molecule has 1 aromatic heterocycles. The normalized spacial score (nSPS) is 15.3. The Kier molecular flexibility index (Phi) is 2.64. The zero-order valence-electron chi connectivity index (χ0n) is 7.08. The minimum Gasteiger partial charge on any atom is -0.480 e. The van der Waals surface area contributed by atoms with Gasteiger partial charge in [-0.3, -0.25) is 9.48 Å². The van der Waals surface area contributed by atoms with Crippen molar-refractivity contribution in [2.24, 2.45) is 12.8 Å². The lowest BCUT2D eigenvalue weighted by Gasteiger charge is -2.14. The first kappa shape index (κ1) is 9.69. The molecule has 0 amide bonds. The predicted octanol–water partition coefficient (Wildman–Crippen LogP) is -1.13. The molecular weight excluding hydrogens is 174 g/mol. The second-order valence-electron chi connectivity index (χ2n) is 2.69. The number of hydrogen-bond donors (Lipinski definition) is 3. The Morgan fingerprint density at radius 3 is 2.77 bits per heavy atom. The number of nitrogens with two attached hydrogens (primary N) is 1. The molecule has 0 aliphatic carbocycles. The van der Waals surface area contributed by atoms with Gasteiger partial charge in [0.1, 0.15) is 12.1 Å². The van der Waals surface area contributed by atoms with Gasteiger partial charge in [-0.25, -0.2) is 0 Å². The molecule has 0 bridgehead atoms. The summed E-state index contributed by atoms with van der Waals surface area (Å²) in [4.78, 5) is 10.4. The average Bonchev–Trinajstić information content (AvgIpc) is 2.48. The van der Waals surface area contributed by atoms with Gasteiger partial charge in [0.2, 0.25) is 0 Å². The van der Waals surface area contributed by atoms with Crippen LogP contribution in [0.3, 0.4) is 0 Å². The van der Waals surface area contributed by atoms with Crippen LogP contribution in [0.1, 0.15) is 11.8 Å². The summed E-state index contributed by atoms with van der Waals surface area (Å²) in [5, 5.41) is 21.8. The number of aromatic nitrogens is 2. The number of carboxylic acids is 1. The van der Waals surface area contributed by atoms with Crippen molar-refractivity contribution in [3.8, 4) is 0 Å². The van der Waals surface area contributed by atoms with Crippen molar-refractivity contribution in [2.45, 2.75) is 12.1 Å². The molecule has 1 aromatic rings. The zero-order chi connectivity index (χ0) is 10.0. The highest BCUT2D eigenvalue weighted by Gasteiger charge is 2.25. The third-order valence-electron chi connectivity index (χ3n) is 1.79. The summed E-state index contributed by atoms with van der Waals surface area (Å²) in [6.07, 6.45) is 0.234. The largest absolute Gasteiger partial charge is 0.480 e. The summed E-state index contributed by atoms with van der Waals surface area (Å²) < 4.78 is 1.38. The van der Waals surface area contributed by atoms with Gasteiger partial charge in [0.15, 0.2) is 0 Å². The monoisotopic (exact) mass is 185 g/mol. The van der Waals surface area contributed by atoms with Crippen molar-refractivity contribution in [3.05, 3.63) is 18.0 Å². The van der Waals surface area contributed by atoms with E-state index in [0.717, 1.165) is 0 Å². The number of carbonyl (C=O) groups is 1. The molecule has 1 rings (SSSR count). The number of aryl methyl sites for hydroxylation is 1. The molecule has 0 radical (unpaired) electrons. The first-order valence-electron chi connectivity index (χ1n) is 3.68. The summed E-state index contributed by atoms with van der Waals surface area (Å²) in [5.74, 6) is -1.24. The topological polar surface area (TPSA) is 101 Å². The molecule has 6 nitrogen and oxygen atoms in total. The van der Waals surface area contributed by atoms with E-state index in [4.69, 9.17) is 10.8 Å². The average molecular weight is 185 g/mol. The second-order valence-corrected chi connectivity index (χ2v) is 2.69. The van der Waals surface area contributed by atoms with E-state index in [1.165, 1.54) is 16.9 Å². The van der Waals surface area contributed by atoms with E-state index in [1.54, 1.807) is 7.05 Å². The summed E-state index contributed by atoms with van der Waals surface area (Å²) in [6.45, 7) is 0. The highest BCUT2D eigenvalue weighted by atomic mass is 16.4. The smallest absolute Gasteiger partial charge is 0.323 e. The van der Waals surface area contributed by atoms with Gasteiger partial charge < -0.3 is 15.9 Å². The van der Waals surface area contributed by atoms with Crippen LogP contribution in [0.4, 0.5) is 0 Å².